The molecule has 3 aromatic rings. The van der Waals surface area contributed by atoms with Crippen LogP contribution in [0.1, 0.15) is 0 Å². The van der Waals surface area contributed by atoms with Crippen LogP contribution in [0, 0.1) is 5.82 Å². The predicted molar refractivity (Wildman–Crippen MR) is 84.3 cm³/mol. The van der Waals surface area contributed by atoms with Gasteiger partial charge in [0, 0.05) is 30.9 Å². The molecular formula is C15H14ClFN4. The van der Waals surface area contributed by atoms with Crippen molar-refractivity contribution in [2.45, 2.75) is 0 Å². The zero-order valence-corrected chi connectivity index (χ0v) is 12.4. The normalized spacial score (nSPS) is 11.0. The molecule has 108 valence electrons. The summed E-state index contributed by atoms with van der Waals surface area (Å²) in [6.45, 7) is 0. The fourth-order valence-corrected chi connectivity index (χ4v) is 2.44. The van der Waals surface area contributed by atoms with Gasteiger partial charge in [0.1, 0.15) is 23.0 Å². The minimum atomic E-state index is -0.414. The van der Waals surface area contributed by atoms with Crippen LogP contribution < -0.4 is 10.6 Å². The fourth-order valence-electron chi connectivity index (χ4n) is 2.22. The highest BCUT2D eigenvalue weighted by Crippen LogP contribution is 2.30. The summed E-state index contributed by atoms with van der Waals surface area (Å²) in [6.07, 6.45) is 1.89. The zero-order valence-electron chi connectivity index (χ0n) is 11.6. The number of fused-ring (bicyclic) bond motifs is 1. The fraction of sp³-hybridized carbons (Fsp3) is 0.133. The predicted octanol–water partition coefficient (Wildman–Crippen LogP) is 3.44. The number of nitrogens with two attached hydrogens (primary N) is 1. The number of imidazole rings is 1. The molecule has 0 saturated heterocycles. The number of hydrogen-bond donors (Lipinski definition) is 1. The number of halogens is 2. The van der Waals surface area contributed by atoms with Crippen LogP contribution in [0.25, 0.3) is 16.9 Å². The summed E-state index contributed by atoms with van der Waals surface area (Å²) in [6, 6.07) is 8.09. The van der Waals surface area contributed by atoms with Gasteiger partial charge in [-0.2, -0.15) is 0 Å². The molecule has 0 saturated carbocycles. The summed E-state index contributed by atoms with van der Waals surface area (Å²) in [4.78, 5) is 6.43. The Balaban J connectivity index is 2.22. The Morgan fingerprint density at radius 3 is 2.67 bits per heavy atom. The van der Waals surface area contributed by atoms with E-state index in [-0.39, 0.29) is 0 Å². The van der Waals surface area contributed by atoms with Gasteiger partial charge in [0.05, 0.1) is 5.69 Å². The van der Waals surface area contributed by atoms with E-state index in [1.54, 1.807) is 10.5 Å². The van der Waals surface area contributed by atoms with Crippen LogP contribution in [-0.2, 0) is 0 Å². The van der Waals surface area contributed by atoms with Crippen LogP contribution >= 0.6 is 11.6 Å². The maximum atomic E-state index is 13.5. The molecule has 4 nitrogen and oxygen atoms in total. The monoisotopic (exact) mass is 304 g/mol. The lowest BCUT2D eigenvalue weighted by Gasteiger charge is -2.12. The van der Waals surface area contributed by atoms with Gasteiger partial charge in [-0.15, -0.1) is 0 Å². The van der Waals surface area contributed by atoms with Gasteiger partial charge in [-0.25, -0.2) is 9.37 Å². The van der Waals surface area contributed by atoms with E-state index in [1.165, 1.54) is 12.1 Å². The Labute approximate surface area is 126 Å². The third-order valence-electron chi connectivity index (χ3n) is 3.29. The van der Waals surface area contributed by atoms with Crippen LogP contribution in [-0.4, -0.2) is 23.5 Å². The summed E-state index contributed by atoms with van der Waals surface area (Å²) in [5, 5.41) is 0.315. The summed E-state index contributed by atoms with van der Waals surface area (Å²) < 4.78 is 15.3. The summed E-state index contributed by atoms with van der Waals surface area (Å²) in [5.74, 6) is 0.0401. The van der Waals surface area contributed by atoms with Crippen molar-refractivity contribution in [1.29, 1.82) is 0 Å². The van der Waals surface area contributed by atoms with Gasteiger partial charge in [-0.3, -0.25) is 4.40 Å². The van der Waals surface area contributed by atoms with Crippen molar-refractivity contribution in [1.82, 2.24) is 9.38 Å². The number of pyridine rings is 1. The van der Waals surface area contributed by atoms with Gasteiger partial charge < -0.3 is 10.6 Å². The first-order valence-corrected chi connectivity index (χ1v) is 6.75. The molecule has 0 fully saturated rings. The average molecular weight is 305 g/mol. The van der Waals surface area contributed by atoms with Gasteiger partial charge in [0.25, 0.3) is 0 Å². The minimum Gasteiger partial charge on any atom is -0.383 e. The molecule has 0 aliphatic heterocycles. The molecule has 0 radical (unpaired) electrons. The lowest BCUT2D eigenvalue weighted by molar-refractivity contribution is 0.628. The van der Waals surface area contributed by atoms with Crippen molar-refractivity contribution in [2.75, 3.05) is 24.7 Å². The Morgan fingerprint density at radius 2 is 2.00 bits per heavy atom. The van der Waals surface area contributed by atoms with E-state index in [0.717, 1.165) is 5.69 Å². The van der Waals surface area contributed by atoms with Gasteiger partial charge in [-0.05, 0) is 30.3 Å². The Hall–Kier alpha value is -2.27. The van der Waals surface area contributed by atoms with Crippen molar-refractivity contribution in [3.8, 4) is 11.3 Å². The largest absolute Gasteiger partial charge is 0.383 e. The first-order valence-electron chi connectivity index (χ1n) is 6.37. The lowest BCUT2D eigenvalue weighted by atomic mass is 10.1. The van der Waals surface area contributed by atoms with Crippen LogP contribution in [0.15, 0.2) is 36.5 Å². The number of benzene rings is 1. The summed E-state index contributed by atoms with van der Waals surface area (Å²) in [7, 11) is 3.89. The first-order chi connectivity index (χ1) is 9.95. The van der Waals surface area contributed by atoms with Crippen molar-refractivity contribution in [3.05, 3.63) is 47.4 Å². The van der Waals surface area contributed by atoms with E-state index in [0.29, 0.717) is 27.7 Å². The third-order valence-corrected chi connectivity index (χ3v) is 3.51. The average Bonchev–Trinajstić information content (AvgIpc) is 2.74. The van der Waals surface area contributed by atoms with E-state index in [4.69, 9.17) is 17.3 Å². The molecule has 0 aliphatic rings. The second-order valence-corrected chi connectivity index (χ2v) is 5.45. The molecule has 3 rings (SSSR count). The Bertz CT molecular complexity index is 806. The lowest BCUT2D eigenvalue weighted by Crippen LogP contribution is -2.09. The highest BCUT2D eigenvalue weighted by atomic mass is 35.5. The molecule has 0 atom stereocenters. The van der Waals surface area contributed by atoms with E-state index in [1.807, 2.05) is 37.3 Å². The molecule has 0 amide bonds. The Morgan fingerprint density at radius 1 is 1.24 bits per heavy atom. The molecule has 2 aromatic heterocycles. The maximum Gasteiger partial charge on any atom is 0.139 e. The second-order valence-electron chi connectivity index (χ2n) is 5.01. The van der Waals surface area contributed by atoms with E-state index >= 15 is 0 Å². The minimum absolute atomic E-state index is 0.315. The van der Waals surface area contributed by atoms with E-state index in [2.05, 4.69) is 4.98 Å². The van der Waals surface area contributed by atoms with Gasteiger partial charge in [-0.1, -0.05) is 11.6 Å². The quantitative estimate of drug-likeness (QED) is 0.789. The SMILES string of the molecule is CN(C)c1ccc2nc(-c3cc(F)cc(Cl)c3)c(N)n2c1. The number of rotatable bonds is 2. The smallest absolute Gasteiger partial charge is 0.139 e. The number of hydrogen-bond acceptors (Lipinski definition) is 3. The van der Waals surface area contributed by atoms with Gasteiger partial charge in [0.15, 0.2) is 0 Å². The first kappa shape index (κ1) is 13.7. The second kappa shape index (κ2) is 4.93. The third kappa shape index (κ3) is 2.40. The summed E-state index contributed by atoms with van der Waals surface area (Å²) in [5.41, 5.74) is 8.94. The molecular weight excluding hydrogens is 291 g/mol. The van der Waals surface area contributed by atoms with Gasteiger partial charge >= 0.3 is 0 Å². The molecule has 0 spiro atoms. The van der Waals surface area contributed by atoms with Crippen LogP contribution in [0.3, 0.4) is 0 Å². The highest BCUT2D eigenvalue weighted by molar-refractivity contribution is 6.30. The van der Waals surface area contributed by atoms with Crippen LogP contribution in [0.2, 0.25) is 5.02 Å². The summed E-state index contributed by atoms with van der Waals surface area (Å²) >= 11 is 5.90. The molecule has 0 unspecified atom stereocenters. The topological polar surface area (TPSA) is 46.6 Å². The van der Waals surface area contributed by atoms with Crippen LogP contribution in [0.4, 0.5) is 15.9 Å². The van der Waals surface area contributed by atoms with Gasteiger partial charge in [0.2, 0.25) is 0 Å². The molecule has 2 heterocycles. The molecule has 0 bridgehead atoms. The number of nitrogens with zero attached hydrogens (tertiary/aromatic N) is 3. The number of nitrogen functional groups attached to an aromatic ring is 1. The van der Waals surface area contributed by atoms with E-state index < -0.39 is 5.82 Å². The zero-order chi connectivity index (χ0) is 15.1. The van der Waals surface area contributed by atoms with Crippen molar-refractivity contribution in [2.24, 2.45) is 0 Å². The molecule has 1 aromatic carbocycles. The maximum absolute atomic E-state index is 13.5. The van der Waals surface area contributed by atoms with Crippen molar-refractivity contribution >= 4 is 28.8 Å². The van der Waals surface area contributed by atoms with Crippen LogP contribution in [0.5, 0.6) is 0 Å². The standard InChI is InChI=1S/C15H14ClFN4/c1-20(2)12-3-4-13-19-14(15(18)21(13)8-12)9-5-10(16)7-11(17)6-9/h3-8H,18H2,1-2H3. The number of anilines is 2. The molecule has 0 aliphatic carbocycles. The Kier molecular flexibility index (Phi) is 3.22. The molecule has 21 heavy (non-hydrogen) atoms. The van der Waals surface area contributed by atoms with Crippen molar-refractivity contribution in [3.63, 3.8) is 0 Å². The van der Waals surface area contributed by atoms with Crippen molar-refractivity contribution < 1.29 is 4.39 Å². The molecule has 6 heteroatoms. The highest BCUT2D eigenvalue weighted by Gasteiger charge is 2.13. The van der Waals surface area contributed by atoms with E-state index in [9.17, 15) is 4.39 Å². The number of aromatic nitrogens is 2. The molecule has 2 N–H and O–H groups in total.